The Balaban J connectivity index is 2.75. The zero-order valence-corrected chi connectivity index (χ0v) is 11.9. The molecular weight excluding hydrogens is 286 g/mol. The van der Waals surface area contributed by atoms with Crippen molar-refractivity contribution < 1.29 is 0 Å². The van der Waals surface area contributed by atoms with Gasteiger partial charge >= 0.3 is 0 Å². The van der Waals surface area contributed by atoms with Gasteiger partial charge in [-0.3, -0.25) is 0 Å². The molecule has 0 radical (unpaired) electrons. The molecule has 5 heteroatoms. The van der Waals surface area contributed by atoms with Crippen LogP contribution in [0.25, 0.3) is 0 Å². The summed E-state index contributed by atoms with van der Waals surface area (Å²) in [7, 11) is 4.08. The van der Waals surface area contributed by atoms with Gasteiger partial charge in [-0.2, -0.15) is 0 Å². The Kier molecular flexibility index (Phi) is 5.18. The minimum atomic E-state index is 0.411. The predicted octanol–water partition coefficient (Wildman–Crippen LogP) is 2.06. The van der Waals surface area contributed by atoms with Gasteiger partial charge in [-0.1, -0.05) is 28.1 Å². The van der Waals surface area contributed by atoms with Crippen LogP contribution in [0, 0.1) is 0 Å². The summed E-state index contributed by atoms with van der Waals surface area (Å²) in [6.07, 6.45) is 0. The monoisotopic (exact) mass is 301 g/mol. The number of rotatable bonds is 5. The standard InChI is InChI=1S/C11H16BrN3S/c1-15(2)6-5-14-10-4-3-8(12)7-9(10)11(13)16/h3-4,7,14H,5-6H2,1-2H3,(H2,13,16). The highest BCUT2D eigenvalue weighted by atomic mass is 79.9. The van der Waals surface area contributed by atoms with E-state index in [1.807, 2.05) is 32.3 Å². The molecule has 0 saturated carbocycles. The molecule has 0 aromatic heterocycles. The minimum absolute atomic E-state index is 0.411. The van der Waals surface area contributed by atoms with Crippen LogP contribution < -0.4 is 11.1 Å². The van der Waals surface area contributed by atoms with Crippen molar-refractivity contribution in [3.63, 3.8) is 0 Å². The minimum Gasteiger partial charge on any atom is -0.389 e. The van der Waals surface area contributed by atoms with Crippen molar-refractivity contribution in [3.05, 3.63) is 28.2 Å². The number of hydrogen-bond donors (Lipinski definition) is 2. The first-order chi connectivity index (χ1) is 7.50. The summed E-state index contributed by atoms with van der Waals surface area (Å²) >= 11 is 8.42. The number of nitrogens with one attached hydrogen (secondary N) is 1. The lowest BCUT2D eigenvalue weighted by Gasteiger charge is -2.14. The van der Waals surface area contributed by atoms with Crippen molar-refractivity contribution in [1.29, 1.82) is 0 Å². The number of hydrogen-bond acceptors (Lipinski definition) is 3. The average Bonchev–Trinajstić information content (AvgIpc) is 2.19. The number of thiocarbonyl (C=S) groups is 1. The summed E-state index contributed by atoms with van der Waals surface area (Å²) in [6, 6.07) is 5.88. The van der Waals surface area contributed by atoms with Crippen LogP contribution in [0.3, 0.4) is 0 Å². The maximum absolute atomic E-state index is 5.68. The van der Waals surface area contributed by atoms with Crippen LogP contribution in [0.4, 0.5) is 5.69 Å². The number of nitrogens with zero attached hydrogens (tertiary/aromatic N) is 1. The summed E-state index contributed by atoms with van der Waals surface area (Å²) in [6.45, 7) is 1.83. The SMILES string of the molecule is CN(C)CCNc1ccc(Br)cc1C(N)=S. The Bertz CT molecular complexity index is 379. The van der Waals surface area contributed by atoms with E-state index in [-0.39, 0.29) is 0 Å². The van der Waals surface area contributed by atoms with Gasteiger partial charge in [-0.05, 0) is 32.3 Å². The van der Waals surface area contributed by atoms with Crippen LogP contribution in [0.15, 0.2) is 22.7 Å². The molecule has 0 saturated heterocycles. The van der Waals surface area contributed by atoms with Gasteiger partial charge in [-0.25, -0.2) is 0 Å². The van der Waals surface area contributed by atoms with E-state index in [1.54, 1.807) is 0 Å². The van der Waals surface area contributed by atoms with Crippen LogP contribution in [-0.2, 0) is 0 Å². The number of nitrogens with two attached hydrogens (primary N) is 1. The van der Waals surface area contributed by atoms with E-state index in [1.165, 1.54) is 0 Å². The molecule has 16 heavy (non-hydrogen) atoms. The predicted molar refractivity (Wildman–Crippen MR) is 77.1 cm³/mol. The highest BCUT2D eigenvalue weighted by Gasteiger charge is 2.05. The van der Waals surface area contributed by atoms with Gasteiger partial charge < -0.3 is 16.0 Å². The fourth-order valence-electron chi connectivity index (χ4n) is 1.29. The normalized spacial score (nSPS) is 10.5. The molecule has 0 aliphatic rings. The van der Waals surface area contributed by atoms with Crippen molar-refractivity contribution in [2.45, 2.75) is 0 Å². The molecule has 3 N–H and O–H groups in total. The lowest BCUT2D eigenvalue weighted by molar-refractivity contribution is 0.425. The van der Waals surface area contributed by atoms with Gasteiger partial charge in [0, 0.05) is 28.8 Å². The second-order valence-corrected chi connectivity index (χ2v) is 5.14. The molecule has 0 fully saturated rings. The van der Waals surface area contributed by atoms with Crippen molar-refractivity contribution in [2.24, 2.45) is 5.73 Å². The van der Waals surface area contributed by atoms with Crippen molar-refractivity contribution in [3.8, 4) is 0 Å². The summed E-state index contributed by atoms with van der Waals surface area (Å²) < 4.78 is 0.980. The van der Waals surface area contributed by atoms with Crippen molar-refractivity contribution >= 4 is 38.8 Å². The van der Waals surface area contributed by atoms with E-state index in [0.717, 1.165) is 28.8 Å². The Labute approximate surface area is 110 Å². The molecule has 1 aromatic rings. The van der Waals surface area contributed by atoms with Crippen LogP contribution in [0.1, 0.15) is 5.56 Å². The van der Waals surface area contributed by atoms with E-state index in [4.69, 9.17) is 18.0 Å². The molecule has 0 heterocycles. The molecule has 1 aromatic carbocycles. The Morgan fingerprint density at radius 1 is 1.50 bits per heavy atom. The molecule has 88 valence electrons. The molecular formula is C11H16BrN3S. The highest BCUT2D eigenvalue weighted by Crippen LogP contribution is 2.20. The third-order valence-electron chi connectivity index (χ3n) is 2.12. The fourth-order valence-corrected chi connectivity index (χ4v) is 1.82. The van der Waals surface area contributed by atoms with E-state index in [0.29, 0.717) is 4.99 Å². The first-order valence-corrected chi connectivity index (χ1v) is 6.19. The Morgan fingerprint density at radius 3 is 2.75 bits per heavy atom. The van der Waals surface area contributed by atoms with E-state index in [9.17, 15) is 0 Å². The first-order valence-electron chi connectivity index (χ1n) is 4.98. The average molecular weight is 302 g/mol. The van der Waals surface area contributed by atoms with Crippen LogP contribution in [0.5, 0.6) is 0 Å². The van der Waals surface area contributed by atoms with Crippen LogP contribution in [0.2, 0.25) is 0 Å². The maximum atomic E-state index is 5.68. The van der Waals surface area contributed by atoms with Gasteiger partial charge in [0.05, 0.1) is 0 Å². The second kappa shape index (κ2) is 6.18. The van der Waals surface area contributed by atoms with E-state index >= 15 is 0 Å². The number of anilines is 1. The van der Waals surface area contributed by atoms with Crippen LogP contribution >= 0.6 is 28.1 Å². The molecule has 0 bridgehead atoms. The summed E-state index contributed by atoms with van der Waals surface area (Å²) in [5.41, 5.74) is 7.54. The maximum Gasteiger partial charge on any atom is 0.106 e. The third kappa shape index (κ3) is 4.08. The molecule has 0 aliphatic heterocycles. The molecule has 0 spiro atoms. The largest absolute Gasteiger partial charge is 0.389 e. The van der Waals surface area contributed by atoms with Crippen molar-refractivity contribution in [2.75, 3.05) is 32.5 Å². The quantitative estimate of drug-likeness (QED) is 0.817. The molecule has 1 rings (SSSR count). The highest BCUT2D eigenvalue weighted by molar-refractivity contribution is 9.10. The van der Waals surface area contributed by atoms with Gasteiger partial charge in [0.25, 0.3) is 0 Å². The van der Waals surface area contributed by atoms with Gasteiger partial charge in [0.15, 0.2) is 0 Å². The third-order valence-corrected chi connectivity index (χ3v) is 2.83. The van der Waals surface area contributed by atoms with E-state index < -0.39 is 0 Å². The second-order valence-electron chi connectivity index (χ2n) is 3.78. The van der Waals surface area contributed by atoms with Crippen molar-refractivity contribution in [1.82, 2.24) is 4.90 Å². The summed E-state index contributed by atoms with van der Waals surface area (Å²) in [5, 5.41) is 3.32. The van der Waals surface area contributed by atoms with E-state index in [2.05, 4.69) is 26.1 Å². The Morgan fingerprint density at radius 2 is 2.19 bits per heavy atom. The zero-order valence-electron chi connectivity index (χ0n) is 9.46. The molecule has 0 aliphatic carbocycles. The van der Waals surface area contributed by atoms with Crippen LogP contribution in [-0.4, -0.2) is 37.1 Å². The fraction of sp³-hybridized carbons (Fsp3) is 0.364. The smallest absolute Gasteiger partial charge is 0.106 e. The molecule has 0 unspecified atom stereocenters. The lowest BCUT2D eigenvalue weighted by Crippen LogP contribution is -2.22. The molecule has 0 atom stereocenters. The first kappa shape index (κ1) is 13.4. The summed E-state index contributed by atoms with van der Waals surface area (Å²) in [5.74, 6) is 0. The number of benzene rings is 1. The zero-order chi connectivity index (χ0) is 12.1. The molecule has 3 nitrogen and oxygen atoms in total. The summed E-state index contributed by atoms with van der Waals surface area (Å²) in [4.78, 5) is 2.53. The van der Waals surface area contributed by atoms with Gasteiger partial charge in [0.2, 0.25) is 0 Å². The lowest BCUT2D eigenvalue weighted by atomic mass is 10.2. The Hall–Kier alpha value is -0.650. The molecule has 0 amide bonds. The number of likely N-dealkylation sites (N-methyl/N-ethyl adjacent to an activating group) is 1. The van der Waals surface area contributed by atoms with Gasteiger partial charge in [0.1, 0.15) is 4.99 Å². The number of halogens is 1. The topological polar surface area (TPSA) is 41.3 Å². The van der Waals surface area contributed by atoms with Gasteiger partial charge in [-0.15, -0.1) is 0 Å².